The molecule has 15 heavy (non-hydrogen) atoms. The van der Waals surface area contributed by atoms with Gasteiger partial charge in [-0.25, -0.2) is 4.98 Å². The van der Waals surface area contributed by atoms with Crippen molar-refractivity contribution in [3.8, 4) is 0 Å². The number of hydrogen-bond donors (Lipinski definition) is 1. The van der Waals surface area contributed by atoms with Crippen molar-refractivity contribution < 1.29 is 0 Å². The lowest BCUT2D eigenvalue weighted by atomic mass is 10.2. The Morgan fingerprint density at radius 1 is 1.60 bits per heavy atom. The standard InChI is InChI=1S/C10H16N2S3/c1-7-5-15-10(12-7)4-8(11)9-6-13-2-3-14-9/h5,8-9H,2-4,6,11H2,1H3. The van der Waals surface area contributed by atoms with Crippen molar-refractivity contribution >= 4 is 34.9 Å². The first kappa shape index (κ1) is 11.8. The maximum atomic E-state index is 6.22. The molecular formula is C10H16N2S3. The van der Waals surface area contributed by atoms with Gasteiger partial charge in [0.05, 0.1) is 5.01 Å². The van der Waals surface area contributed by atoms with E-state index in [0.29, 0.717) is 5.25 Å². The molecule has 0 radical (unpaired) electrons. The number of thioether (sulfide) groups is 2. The molecule has 2 nitrogen and oxygen atoms in total. The van der Waals surface area contributed by atoms with E-state index in [1.54, 1.807) is 11.3 Å². The summed E-state index contributed by atoms with van der Waals surface area (Å²) in [6, 6.07) is 0.272. The van der Waals surface area contributed by atoms with Gasteiger partial charge in [-0.05, 0) is 6.92 Å². The molecule has 1 aromatic heterocycles. The molecule has 0 spiro atoms. The Kier molecular flexibility index (Phi) is 4.37. The molecular weight excluding hydrogens is 244 g/mol. The molecule has 0 aliphatic carbocycles. The number of nitrogens with two attached hydrogens (primary N) is 1. The Bertz CT molecular complexity index is 307. The molecule has 0 amide bonds. The first-order valence-corrected chi connectivity index (χ1v) is 8.20. The van der Waals surface area contributed by atoms with Crippen LogP contribution < -0.4 is 5.73 Å². The van der Waals surface area contributed by atoms with Crippen LogP contribution in [0.25, 0.3) is 0 Å². The van der Waals surface area contributed by atoms with Crippen LogP contribution in [0.4, 0.5) is 0 Å². The zero-order valence-corrected chi connectivity index (χ0v) is 11.3. The van der Waals surface area contributed by atoms with Crippen molar-refractivity contribution in [2.75, 3.05) is 17.3 Å². The zero-order chi connectivity index (χ0) is 10.7. The third-order valence-electron chi connectivity index (χ3n) is 2.40. The first-order chi connectivity index (χ1) is 7.25. The average Bonchev–Trinajstić information content (AvgIpc) is 2.65. The van der Waals surface area contributed by atoms with Gasteiger partial charge in [0.15, 0.2) is 0 Å². The van der Waals surface area contributed by atoms with Crippen molar-refractivity contribution in [3.05, 3.63) is 16.1 Å². The molecule has 1 saturated heterocycles. The van der Waals surface area contributed by atoms with E-state index in [0.717, 1.165) is 12.1 Å². The van der Waals surface area contributed by atoms with Gasteiger partial charge in [0.1, 0.15) is 0 Å². The number of thiazole rings is 1. The minimum absolute atomic E-state index is 0.272. The minimum Gasteiger partial charge on any atom is -0.326 e. The van der Waals surface area contributed by atoms with E-state index < -0.39 is 0 Å². The SMILES string of the molecule is Cc1csc(CC(N)C2CSCCS2)n1. The van der Waals surface area contributed by atoms with Crippen LogP contribution >= 0.6 is 34.9 Å². The van der Waals surface area contributed by atoms with E-state index in [-0.39, 0.29) is 6.04 Å². The van der Waals surface area contributed by atoms with Gasteiger partial charge in [-0.1, -0.05) is 0 Å². The Hall–Kier alpha value is 0.290. The van der Waals surface area contributed by atoms with Crippen LogP contribution in [0.1, 0.15) is 10.7 Å². The highest BCUT2D eigenvalue weighted by Gasteiger charge is 2.22. The van der Waals surface area contributed by atoms with Gasteiger partial charge in [-0.2, -0.15) is 23.5 Å². The Morgan fingerprint density at radius 2 is 2.47 bits per heavy atom. The topological polar surface area (TPSA) is 38.9 Å². The normalized spacial score (nSPS) is 24.0. The van der Waals surface area contributed by atoms with Gasteiger partial charge in [0, 0.05) is 46.0 Å². The molecule has 2 heterocycles. The molecule has 2 rings (SSSR count). The lowest BCUT2D eigenvalue weighted by molar-refractivity contribution is 0.661. The molecule has 84 valence electrons. The summed E-state index contributed by atoms with van der Waals surface area (Å²) in [7, 11) is 0. The molecule has 0 bridgehead atoms. The van der Waals surface area contributed by atoms with Gasteiger partial charge in [0.2, 0.25) is 0 Å². The fourth-order valence-corrected chi connectivity index (χ4v) is 5.25. The van der Waals surface area contributed by atoms with Gasteiger partial charge >= 0.3 is 0 Å². The summed E-state index contributed by atoms with van der Waals surface area (Å²) in [5, 5.41) is 3.91. The van der Waals surface area contributed by atoms with Crippen LogP contribution in [0.2, 0.25) is 0 Å². The minimum atomic E-state index is 0.272. The Balaban J connectivity index is 1.88. The molecule has 5 heteroatoms. The fraction of sp³-hybridized carbons (Fsp3) is 0.700. The summed E-state index contributed by atoms with van der Waals surface area (Å²) < 4.78 is 0. The second-order valence-electron chi connectivity index (χ2n) is 3.73. The summed E-state index contributed by atoms with van der Waals surface area (Å²) in [6.07, 6.45) is 0.941. The zero-order valence-electron chi connectivity index (χ0n) is 8.81. The van der Waals surface area contributed by atoms with E-state index in [2.05, 4.69) is 10.4 Å². The van der Waals surface area contributed by atoms with Crippen molar-refractivity contribution in [2.45, 2.75) is 24.6 Å². The molecule has 1 fully saturated rings. The van der Waals surface area contributed by atoms with Crippen LogP contribution in [-0.4, -0.2) is 33.5 Å². The van der Waals surface area contributed by atoms with Crippen LogP contribution in [0.3, 0.4) is 0 Å². The summed E-state index contributed by atoms with van der Waals surface area (Å²) >= 11 is 5.79. The van der Waals surface area contributed by atoms with Crippen molar-refractivity contribution in [1.29, 1.82) is 0 Å². The molecule has 1 aliphatic rings. The van der Waals surface area contributed by atoms with Crippen molar-refractivity contribution in [3.63, 3.8) is 0 Å². The molecule has 2 unspecified atom stereocenters. The second kappa shape index (κ2) is 5.57. The summed E-state index contributed by atoms with van der Waals surface area (Å²) in [5.74, 6) is 3.74. The quantitative estimate of drug-likeness (QED) is 0.904. The third-order valence-corrected chi connectivity index (χ3v) is 6.33. The smallest absolute Gasteiger partial charge is 0.0943 e. The molecule has 1 aliphatic heterocycles. The van der Waals surface area contributed by atoms with Crippen molar-refractivity contribution in [2.24, 2.45) is 5.73 Å². The highest BCUT2D eigenvalue weighted by molar-refractivity contribution is 8.06. The predicted molar refractivity (Wildman–Crippen MR) is 72.1 cm³/mol. The van der Waals surface area contributed by atoms with Crippen LogP contribution in [-0.2, 0) is 6.42 Å². The first-order valence-electron chi connectivity index (χ1n) is 5.11. The van der Waals surface area contributed by atoms with Crippen LogP contribution in [0, 0.1) is 6.92 Å². The van der Waals surface area contributed by atoms with E-state index in [9.17, 15) is 0 Å². The molecule has 1 aromatic rings. The summed E-state index contributed by atoms with van der Waals surface area (Å²) in [5.41, 5.74) is 7.34. The lowest BCUT2D eigenvalue weighted by Crippen LogP contribution is -2.38. The van der Waals surface area contributed by atoms with E-state index in [1.165, 1.54) is 22.3 Å². The summed E-state index contributed by atoms with van der Waals surface area (Å²) in [4.78, 5) is 4.47. The average molecular weight is 260 g/mol. The number of aromatic nitrogens is 1. The Labute approximate surface area is 103 Å². The Morgan fingerprint density at radius 3 is 3.07 bits per heavy atom. The summed E-state index contributed by atoms with van der Waals surface area (Å²) in [6.45, 7) is 2.04. The monoisotopic (exact) mass is 260 g/mol. The number of aryl methyl sites for hydroxylation is 1. The van der Waals surface area contributed by atoms with Gasteiger partial charge in [-0.15, -0.1) is 11.3 Å². The number of hydrogen-bond acceptors (Lipinski definition) is 5. The molecule has 0 aromatic carbocycles. The lowest BCUT2D eigenvalue weighted by Gasteiger charge is -2.26. The van der Waals surface area contributed by atoms with Crippen molar-refractivity contribution in [1.82, 2.24) is 4.98 Å². The largest absolute Gasteiger partial charge is 0.326 e. The van der Waals surface area contributed by atoms with Gasteiger partial charge in [0.25, 0.3) is 0 Å². The van der Waals surface area contributed by atoms with Crippen LogP contribution in [0.15, 0.2) is 5.38 Å². The van der Waals surface area contributed by atoms with E-state index in [4.69, 9.17) is 5.73 Å². The third kappa shape index (κ3) is 3.37. The maximum Gasteiger partial charge on any atom is 0.0943 e. The second-order valence-corrected chi connectivity index (χ2v) is 7.17. The van der Waals surface area contributed by atoms with Crippen LogP contribution in [0.5, 0.6) is 0 Å². The fourth-order valence-electron chi connectivity index (χ4n) is 1.58. The van der Waals surface area contributed by atoms with E-state index >= 15 is 0 Å². The molecule has 2 atom stereocenters. The number of nitrogens with zero attached hydrogens (tertiary/aromatic N) is 1. The number of rotatable bonds is 3. The highest BCUT2D eigenvalue weighted by Crippen LogP contribution is 2.27. The van der Waals surface area contributed by atoms with E-state index in [1.807, 2.05) is 30.4 Å². The predicted octanol–water partition coefficient (Wildman–Crippen LogP) is 2.17. The highest BCUT2D eigenvalue weighted by atomic mass is 32.2. The maximum absolute atomic E-state index is 6.22. The van der Waals surface area contributed by atoms with Gasteiger partial charge < -0.3 is 5.73 Å². The molecule has 2 N–H and O–H groups in total. The molecule has 0 saturated carbocycles. The van der Waals surface area contributed by atoms with Gasteiger partial charge in [-0.3, -0.25) is 0 Å².